The number of hydrogen-bond donors (Lipinski definition) is 0. The van der Waals surface area contributed by atoms with E-state index in [2.05, 4.69) is 41.5 Å². The fourth-order valence-electron chi connectivity index (χ4n) is 3.66. The Hall–Kier alpha value is -0.530. The van der Waals surface area contributed by atoms with Crippen molar-refractivity contribution in [2.24, 2.45) is 29.6 Å². The van der Waals surface area contributed by atoms with Gasteiger partial charge in [0.1, 0.15) is 6.10 Å². The minimum Gasteiger partial charge on any atom is -0.462 e. The molecule has 0 bridgehead atoms. The maximum Gasteiger partial charge on any atom is 0.309 e. The first-order valence-corrected chi connectivity index (χ1v) is 9.15. The van der Waals surface area contributed by atoms with Crippen LogP contribution in [0.2, 0.25) is 0 Å². The van der Waals surface area contributed by atoms with Gasteiger partial charge in [0, 0.05) is 0 Å². The molecule has 0 spiro atoms. The molecule has 0 amide bonds. The van der Waals surface area contributed by atoms with Crippen molar-refractivity contribution in [2.75, 3.05) is 0 Å². The smallest absolute Gasteiger partial charge is 0.309 e. The zero-order valence-electron chi connectivity index (χ0n) is 16.2. The molecule has 0 saturated heterocycles. The molecule has 131 valence electrons. The quantitative estimate of drug-likeness (QED) is 0.444. The van der Waals surface area contributed by atoms with Crippen LogP contribution in [-0.4, -0.2) is 12.1 Å². The van der Waals surface area contributed by atoms with E-state index in [1.807, 2.05) is 6.92 Å². The van der Waals surface area contributed by atoms with Gasteiger partial charge in [-0.15, -0.1) is 0 Å². The molecule has 0 heterocycles. The SMILES string of the molecule is C[CH]C(=O)OC(C)C(C)CC(C)CC(C)CC(C)CC(C)C. The van der Waals surface area contributed by atoms with Crippen molar-refractivity contribution in [3.63, 3.8) is 0 Å². The van der Waals surface area contributed by atoms with Gasteiger partial charge in [-0.05, 0) is 62.2 Å². The molecule has 0 saturated carbocycles. The number of carbonyl (C=O) groups is 1. The standard InChI is InChI=1S/C20H39O2/c1-9-20(21)22-19(8)18(7)13-17(6)12-16(5)11-15(4)10-14(2)3/h9,14-19H,10-13H2,1-8H3. The lowest BCUT2D eigenvalue weighted by atomic mass is 9.83. The lowest BCUT2D eigenvalue weighted by Gasteiger charge is -2.26. The van der Waals surface area contributed by atoms with Gasteiger partial charge < -0.3 is 4.74 Å². The second kappa shape index (κ2) is 11.1. The molecule has 5 atom stereocenters. The fourth-order valence-corrected chi connectivity index (χ4v) is 3.66. The van der Waals surface area contributed by atoms with Crippen LogP contribution in [0.1, 0.15) is 81.1 Å². The van der Waals surface area contributed by atoms with Crippen molar-refractivity contribution in [2.45, 2.75) is 87.2 Å². The minimum absolute atomic E-state index is 0.00122. The highest BCUT2D eigenvalue weighted by Crippen LogP contribution is 2.27. The van der Waals surface area contributed by atoms with E-state index in [9.17, 15) is 4.79 Å². The van der Waals surface area contributed by atoms with E-state index in [-0.39, 0.29) is 12.1 Å². The van der Waals surface area contributed by atoms with Crippen molar-refractivity contribution in [3.8, 4) is 0 Å². The van der Waals surface area contributed by atoms with Crippen LogP contribution in [-0.2, 0) is 9.53 Å². The van der Waals surface area contributed by atoms with Gasteiger partial charge in [0.25, 0.3) is 0 Å². The molecule has 0 aromatic rings. The Morgan fingerprint density at radius 2 is 1.27 bits per heavy atom. The Kier molecular flexibility index (Phi) is 10.8. The summed E-state index contributed by atoms with van der Waals surface area (Å²) in [5.41, 5.74) is 0. The van der Waals surface area contributed by atoms with E-state index in [4.69, 9.17) is 4.74 Å². The van der Waals surface area contributed by atoms with Crippen LogP contribution in [0.15, 0.2) is 0 Å². The summed E-state index contributed by atoms with van der Waals surface area (Å²) in [6, 6.07) is 0. The summed E-state index contributed by atoms with van der Waals surface area (Å²) < 4.78 is 5.38. The molecule has 0 rings (SSSR count). The molecular weight excluding hydrogens is 272 g/mol. The molecule has 0 aliphatic rings. The van der Waals surface area contributed by atoms with E-state index in [1.54, 1.807) is 6.92 Å². The number of carbonyl (C=O) groups excluding carboxylic acids is 1. The molecule has 0 fully saturated rings. The molecule has 1 radical (unpaired) electrons. The average molecular weight is 312 g/mol. The van der Waals surface area contributed by atoms with Crippen LogP contribution < -0.4 is 0 Å². The van der Waals surface area contributed by atoms with Crippen LogP contribution >= 0.6 is 0 Å². The highest BCUT2D eigenvalue weighted by atomic mass is 16.5. The number of hydrogen-bond acceptors (Lipinski definition) is 2. The normalized spacial score (nSPS) is 18.6. The van der Waals surface area contributed by atoms with Crippen LogP contribution in [0.3, 0.4) is 0 Å². The van der Waals surface area contributed by atoms with Gasteiger partial charge in [0.15, 0.2) is 0 Å². The Balaban J connectivity index is 4.09. The van der Waals surface area contributed by atoms with Crippen LogP contribution in [0, 0.1) is 36.0 Å². The monoisotopic (exact) mass is 311 g/mol. The highest BCUT2D eigenvalue weighted by Gasteiger charge is 2.20. The summed E-state index contributed by atoms with van der Waals surface area (Å²) in [7, 11) is 0. The van der Waals surface area contributed by atoms with Gasteiger partial charge in [-0.1, -0.05) is 48.5 Å². The summed E-state index contributed by atoms with van der Waals surface area (Å²) >= 11 is 0. The summed E-state index contributed by atoms with van der Waals surface area (Å²) in [5.74, 6) is 3.29. The minimum atomic E-state index is -0.206. The largest absolute Gasteiger partial charge is 0.462 e. The topological polar surface area (TPSA) is 26.3 Å². The van der Waals surface area contributed by atoms with Gasteiger partial charge in [0.05, 0.1) is 6.42 Å². The molecule has 0 aliphatic carbocycles. The summed E-state index contributed by atoms with van der Waals surface area (Å²) in [4.78, 5) is 11.3. The first kappa shape index (κ1) is 21.5. The van der Waals surface area contributed by atoms with Crippen molar-refractivity contribution >= 4 is 5.97 Å². The van der Waals surface area contributed by atoms with E-state index in [1.165, 1.54) is 25.7 Å². The Morgan fingerprint density at radius 3 is 1.73 bits per heavy atom. The van der Waals surface area contributed by atoms with Crippen LogP contribution in [0.5, 0.6) is 0 Å². The van der Waals surface area contributed by atoms with Crippen molar-refractivity contribution < 1.29 is 9.53 Å². The fraction of sp³-hybridized carbons (Fsp3) is 0.900. The third-order valence-corrected chi connectivity index (χ3v) is 4.60. The third kappa shape index (κ3) is 10.2. The molecule has 0 N–H and O–H groups in total. The molecule has 2 nitrogen and oxygen atoms in total. The van der Waals surface area contributed by atoms with Gasteiger partial charge in [0.2, 0.25) is 0 Å². The zero-order valence-corrected chi connectivity index (χ0v) is 16.2. The molecule has 0 aromatic carbocycles. The maximum atomic E-state index is 11.3. The van der Waals surface area contributed by atoms with E-state index in [0.29, 0.717) is 11.8 Å². The first-order chi connectivity index (χ1) is 10.1. The van der Waals surface area contributed by atoms with Gasteiger partial charge >= 0.3 is 5.97 Å². The summed E-state index contributed by atoms with van der Waals surface area (Å²) in [5, 5.41) is 0. The molecule has 0 aromatic heterocycles. The first-order valence-electron chi connectivity index (χ1n) is 9.15. The third-order valence-electron chi connectivity index (χ3n) is 4.60. The van der Waals surface area contributed by atoms with Crippen molar-refractivity contribution in [3.05, 3.63) is 6.42 Å². The van der Waals surface area contributed by atoms with Gasteiger partial charge in [-0.25, -0.2) is 0 Å². The number of ether oxygens (including phenoxy) is 1. The second-order valence-electron chi connectivity index (χ2n) is 8.06. The zero-order chi connectivity index (χ0) is 17.3. The predicted octanol–water partition coefficient (Wildman–Crippen LogP) is 5.90. The van der Waals surface area contributed by atoms with E-state index in [0.717, 1.165) is 24.2 Å². The Bertz CT molecular complexity index is 298. The lowest BCUT2D eigenvalue weighted by Crippen LogP contribution is -2.24. The van der Waals surface area contributed by atoms with Gasteiger partial charge in [-0.3, -0.25) is 4.79 Å². The maximum absolute atomic E-state index is 11.3. The Morgan fingerprint density at radius 1 is 0.818 bits per heavy atom. The van der Waals surface area contributed by atoms with Crippen molar-refractivity contribution in [1.82, 2.24) is 0 Å². The molecule has 22 heavy (non-hydrogen) atoms. The summed E-state index contributed by atoms with van der Waals surface area (Å²) in [6.07, 6.45) is 6.54. The molecular formula is C20H39O2. The number of esters is 1. The van der Waals surface area contributed by atoms with E-state index >= 15 is 0 Å². The average Bonchev–Trinajstić information content (AvgIpc) is 2.36. The predicted molar refractivity (Wildman–Crippen MR) is 95.5 cm³/mol. The molecule has 2 heteroatoms. The highest BCUT2D eigenvalue weighted by molar-refractivity contribution is 5.78. The van der Waals surface area contributed by atoms with Crippen LogP contribution in [0.4, 0.5) is 0 Å². The van der Waals surface area contributed by atoms with Crippen molar-refractivity contribution in [1.29, 1.82) is 0 Å². The van der Waals surface area contributed by atoms with Gasteiger partial charge in [-0.2, -0.15) is 0 Å². The number of rotatable bonds is 11. The van der Waals surface area contributed by atoms with Crippen LogP contribution in [0.25, 0.3) is 0 Å². The second-order valence-corrected chi connectivity index (χ2v) is 8.06. The lowest BCUT2D eigenvalue weighted by molar-refractivity contribution is -0.146. The molecule has 0 aliphatic heterocycles. The Labute approximate surface area is 139 Å². The molecule has 5 unspecified atom stereocenters. The van der Waals surface area contributed by atoms with E-state index < -0.39 is 0 Å². The summed E-state index contributed by atoms with van der Waals surface area (Å²) in [6.45, 7) is 17.6.